The van der Waals surface area contributed by atoms with Crippen molar-refractivity contribution >= 4 is 17.9 Å². The van der Waals surface area contributed by atoms with Gasteiger partial charge >= 0.3 is 17.9 Å². The summed E-state index contributed by atoms with van der Waals surface area (Å²) >= 11 is 0. The molecule has 0 spiro atoms. The van der Waals surface area contributed by atoms with Crippen LogP contribution in [-0.4, -0.2) is 37.2 Å². The maximum Gasteiger partial charge on any atom is 0.306 e. The Morgan fingerprint density at radius 1 is 0.274 bits per heavy atom. The molecule has 0 aromatic rings. The van der Waals surface area contributed by atoms with E-state index in [9.17, 15) is 14.4 Å². The summed E-state index contributed by atoms with van der Waals surface area (Å²) in [6.45, 7) is 6.64. The molecule has 0 saturated heterocycles. The van der Waals surface area contributed by atoms with E-state index in [0.717, 1.165) is 89.9 Å². The van der Waals surface area contributed by atoms with Crippen LogP contribution >= 0.6 is 0 Å². The van der Waals surface area contributed by atoms with Gasteiger partial charge in [-0.3, -0.25) is 14.4 Å². The van der Waals surface area contributed by atoms with Crippen LogP contribution in [0, 0.1) is 0 Å². The standard InChI is InChI=1S/C67H122O6/c1-4-7-10-13-16-19-22-25-28-29-30-31-32-33-34-35-36-37-40-42-45-48-51-54-57-60-66(69)72-63-64(73-67(70)61-58-55-52-49-46-43-39-27-24-21-18-15-12-9-6-3)62-71-65(68)59-56-53-50-47-44-41-38-26-23-20-17-14-11-8-5-2/h18,21-22,25,27,29-30,39,64H,4-17,19-20,23-24,26,28,31-38,40-63H2,1-3H3/b21-18-,25-22-,30-29-,39-27-. The van der Waals surface area contributed by atoms with Gasteiger partial charge in [-0.15, -0.1) is 0 Å². The van der Waals surface area contributed by atoms with Crippen molar-refractivity contribution in [3.63, 3.8) is 0 Å². The highest BCUT2D eigenvalue weighted by Crippen LogP contribution is 2.17. The van der Waals surface area contributed by atoms with Crippen LogP contribution in [0.25, 0.3) is 0 Å². The van der Waals surface area contributed by atoms with E-state index < -0.39 is 6.10 Å². The lowest BCUT2D eigenvalue weighted by Crippen LogP contribution is -2.30. The molecule has 73 heavy (non-hydrogen) atoms. The molecule has 0 aromatic carbocycles. The van der Waals surface area contributed by atoms with E-state index in [0.29, 0.717) is 19.3 Å². The molecule has 1 atom stereocenters. The van der Waals surface area contributed by atoms with Gasteiger partial charge in [-0.05, 0) is 83.5 Å². The van der Waals surface area contributed by atoms with Crippen molar-refractivity contribution in [2.75, 3.05) is 13.2 Å². The Bertz CT molecular complexity index is 1270. The molecule has 1 unspecified atom stereocenters. The first-order valence-electron chi connectivity index (χ1n) is 32.1. The Kier molecular flexibility index (Phi) is 59.7. The van der Waals surface area contributed by atoms with Crippen LogP contribution in [-0.2, 0) is 28.6 Å². The second kappa shape index (κ2) is 61.9. The van der Waals surface area contributed by atoms with Crippen molar-refractivity contribution in [2.45, 2.75) is 348 Å². The number of ether oxygens (including phenoxy) is 3. The second-order valence-electron chi connectivity index (χ2n) is 21.7. The van der Waals surface area contributed by atoms with Crippen molar-refractivity contribution in [3.05, 3.63) is 48.6 Å². The number of carbonyl (C=O) groups is 3. The largest absolute Gasteiger partial charge is 0.462 e. The molecule has 6 heteroatoms. The first-order valence-corrected chi connectivity index (χ1v) is 32.1. The maximum atomic E-state index is 12.9. The molecule has 0 saturated carbocycles. The van der Waals surface area contributed by atoms with Gasteiger partial charge in [0.05, 0.1) is 0 Å². The average molecular weight is 1020 g/mol. The van der Waals surface area contributed by atoms with Gasteiger partial charge in [0, 0.05) is 19.3 Å². The summed E-state index contributed by atoms with van der Waals surface area (Å²) in [4.78, 5) is 38.3. The fourth-order valence-electron chi connectivity index (χ4n) is 9.45. The Morgan fingerprint density at radius 3 is 0.781 bits per heavy atom. The Balaban J connectivity index is 4.27. The van der Waals surface area contributed by atoms with Gasteiger partial charge in [0.15, 0.2) is 6.10 Å². The van der Waals surface area contributed by atoms with Gasteiger partial charge in [-0.1, -0.05) is 288 Å². The number of rotatable bonds is 59. The first-order chi connectivity index (χ1) is 36.0. The summed E-state index contributed by atoms with van der Waals surface area (Å²) in [6, 6.07) is 0. The third-order valence-corrected chi connectivity index (χ3v) is 14.3. The number of allylic oxidation sites excluding steroid dienone is 8. The normalized spacial score (nSPS) is 12.3. The lowest BCUT2D eigenvalue weighted by atomic mass is 10.0. The molecule has 0 aliphatic rings. The van der Waals surface area contributed by atoms with E-state index in [2.05, 4.69) is 69.4 Å². The van der Waals surface area contributed by atoms with Crippen molar-refractivity contribution in [1.82, 2.24) is 0 Å². The summed E-state index contributed by atoms with van der Waals surface area (Å²) in [5.74, 6) is -0.869. The zero-order chi connectivity index (χ0) is 52.9. The van der Waals surface area contributed by atoms with Crippen LogP contribution in [0.1, 0.15) is 342 Å². The molecule has 0 aliphatic carbocycles. The van der Waals surface area contributed by atoms with Gasteiger partial charge in [-0.2, -0.15) is 0 Å². The zero-order valence-electron chi connectivity index (χ0n) is 48.9. The molecule has 0 N–H and O–H groups in total. The molecule has 0 bridgehead atoms. The SMILES string of the molecule is CCCCC/C=C\C/C=C\CCCCCCCC(=O)OC(COC(=O)CCCCCCCCCCCCCCC/C=C\C/C=C\CCCCCCC)COC(=O)CCCCCCCCCCCCCCCCC. The topological polar surface area (TPSA) is 78.9 Å². The fraction of sp³-hybridized carbons (Fsp3) is 0.836. The van der Waals surface area contributed by atoms with Crippen LogP contribution < -0.4 is 0 Å². The van der Waals surface area contributed by atoms with Crippen molar-refractivity contribution in [1.29, 1.82) is 0 Å². The first kappa shape index (κ1) is 70.4. The zero-order valence-corrected chi connectivity index (χ0v) is 48.9. The van der Waals surface area contributed by atoms with Crippen LogP contribution in [0.5, 0.6) is 0 Å². The van der Waals surface area contributed by atoms with Crippen LogP contribution in [0.2, 0.25) is 0 Å². The number of hydrogen-bond donors (Lipinski definition) is 0. The smallest absolute Gasteiger partial charge is 0.306 e. The molecule has 426 valence electrons. The summed E-state index contributed by atoms with van der Waals surface area (Å²) in [6.07, 6.45) is 76.9. The minimum Gasteiger partial charge on any atom is -0.462 e. The van der Waals surface area contributed by atoms with Crippen molar-refractivity contribution < 1.29 is 28.6 Å². The molecule has 0 aliphatic heterocycles. The summed E-state index contributed by atoms with van der Waals surface area (Å²) in [5.41, 5.74) is 0. The van der Waals surface area contributed by atoms with Crippen molar-refractivity contribution in [3.8, 4) is 0 Å². The molecular weight excluding hydrogens is 901 g/mol. The van der Waals surface area contributed by atoms with E-state index in [1.807, 2.05) is 0 Å². The third-order valence-electron chi connectivity index (χ3n) is 14.3. The minimum atomic E-state index is -0.779. The van der Waals surface area contributed by atoms with E-state index in [1.165, 1.54) is 212 Å². The van der Waals surface area contributed by atoms with Gasteiger partial charge in [0.2, 0.25) is 0 Å². The maximum absolute atomic E-state index is 12.9. The average Bonchev–Trinajstić information content (AvgIpc) is 3.39. The minimum absolute atomic E-state index is 0.0750. The third kappa shape index (κ3) is 60.1. The highest BCUT2D eigenvalue weighted by molar-refractivity contribution is 5.71. The molecule has 0 rings (SSSR count). The van der Waals surface area contributed by atoms with E-state index in [4.69, 9.17) is 14.2 Å². The lowest BCUT2D eigenvalue weighted by Gasteiger charge is -2.18. The van der Waals surface area contributed by atoms with E-state index >= 15 is 0 Å². The molecule has 6 nitrogen and oxygen atoms in total. The molecule has 0 aromatic heterocycles. The fourth-order valence-corrected chi connectivity index (χ4v) is 9.45. The van der Waals surface area contributed by atoms with Gasteiger partial charge in [0.25, 0.3) is 0 Å². The summed E-state index contributed by atoms with van der Waals surface area (Å²) in [7, 11) is 0. The molecule has 0 radical (unpaired) electrons. The van der Waals surface area contributed by atoms with Gasteiger partial charge in [-0.25, -0.2) is 0 Å². The quantitative estimate of drug-likeness (QED) is 0.0261. The Hall–Kier alpha value is -2.63. The molecule has 0 amide bonds. The second-order valence-corrected chi connectivity index (χ2v) is 21.7. The molecular formula is C67H122O6. The predicted octanol–water partition coefficient (Wildman–Crippen LogP) is 21.8. The number of hydrogen-bond acceptors (Lipinski definition) is 6. The lowest BCUT2D eigenvalue weighted by molar-refractivity contribution is -0.167. The number of carbonyl (C=O) groups excluding carboxylic acids is 3. The van der Waals surface area contributed by atoms with Crippen LogP contribution in [0.4, 0.5) is 0 Å². The number of esters is 3. The van der Waals surface area contributed by atoms with Gasteiger partial charge < -0.3 is 14.2 Å². The Morgan fingerprint density at radius 2 is 0.493 bits per heavy atom. The van der Waals surface area contributed by atoms with Gasteiger partial charge in [0.1, 0.15) is 13.2 Å². The predicted molar refractivity (Wildman–Crippen MR) is 316 cm³/mol. The van der Waals surface area contributed by atoms with Crippen LogP contribution in [0.15, 0.2) is 48.6 Å². The summed E-state index contributed by atoms with van der Waals surface area (Å²) in [5, 5.41) is 0. The Labute approximate surface area is 454 Å². The van der Waals surface area contributed by atoms with Crippen LogP contribution in [0.3, 0.4) is 0 Å². The highest BCUT2D eigenvalue weighted by Gasteiger charge is 2.19. The highest BCUT2D eigenvalue weighted by atomic mass is 16.6. The van der Waals surface area contributed by atoms with Crippen molar-refractivity contribution in [2.24, 2.45) is 0 Å². The van der Waals surface area contributed by atoms with E-state index in [1.54, 1.807) is 0 Å². The molecule has 0 heterocycles. The molecule has 0 fully saturated rings. The number of unbranched alkanes of at least 4 members (excludes halogenated alkanes) is 40. The van der Waals surface area contributed by atoms with E-state index in [-0.39, 0.29) is 31.1 Å². The monoisotopic (exact) mass is 1020 g/mol. The summed E-state index contributed by atoms with van der Waals surface area (Å²) < 4.78 is 16.9.